The van der Waals surface area contributed by atoms with Gasteiger partial charge in [0.15, 0.2) is 0 Å². The molecule has 0 aliphatic heterocycles. The van der Waals surface area contributed by atoms with Crippen molar-refractivity contribution in [2.24, 2.45) is 0 Å². The van der Waals surface area contributed by atoms with Gasteiger partial charge in [0.2, 0.25) is 0 Å². The molecule has 106 valence electrons. The van der Waals surface area contributed by atoms with E-state index in [-0.39, 0.29) is 22.6 Å². The van der Waals surface area contributed by atoms with Gasteiger partial charge in [-0.25, -0.2) is 0 Å². The minimum atomic E-state index is -0.124. The van der Waals surface area contributed by atoms with Crippen molar-refractivity contribution in [1.82, 2.24) is 0 Å². The molecule has 0 amide bonds. The molecule has 4 nitrogen and oxygen atoms in total. The van der Waals surface area contributed by atoms with Gasteiger partial charge in [-0.1, -0.05) is 11.6 Å². The van der Waals surface area contributed by atoms with E-state index < -0.39 is 0 Å². The minimum absolute atomic E-state index is 0.0390. The summed E-state index contributed by atoms with van der Waals surface area (Å²) in [5.41, 5.74) is 1.51. The van der Waals surface area contributed by atoms with E-state index in [0.29, 0.717) is 5.75 Å². The van der Waals surface area contributed by atoms with Gasteiger partial charge in [-0.15, -0.1) is 0 Å². The molecular weight excluding hydrogens is 278 g/mol. The topological polar surface area (TPSA) is 61.7 Å². The van der Waals surface area contributed by atoms with Crippen LogP contribution in [0.4, 0.5) is 5.69 Å². The van der Waals surface area contributed by atoms with E-state index in [0.717, 1.165) is 11.3 Å². The lowest BCUT2D eigenvalue weighted by Gasteiger charge is -2.17. The molecule has 0 heterocycles. The Kier molecular flexibility index (Phi) is 4.25. The third-order valence-electron chi connectivity index (χ3n) is 3.03. The zero-order chi connectivity index (χ0) is 14.7. The fourth-order valence-electron chi connectivity index (χ4n) is 1.94. The van der Waals surface area contributed by atoms with Crippen LogP contribution in [-0.4, -0.2) is 17.3 Å². The molecule has 0 aliphatic rings. The van der Waals surface area contributed by atoms with Crippen LogP contribution in [-0.2, 0) is 0 Å². The molecular formula is C15H16ClNO3. The second kappa shape index (κ2) is 5.92. The number of methoxy groups -OCH3 is 1. The molecule has 0 bridgehead atoms. The van der Waals surface area contributed by atoms with Gasteiger partial charge in [0.1, 0.15) is 17.2 Å². The quantitative estimate of drug-likeness (QED) is 0.747. The summed E-state index contributed by atoms with van der Waals surface area (Å²) in [5, 5.41) is 22.9. The molecule has 0 radical (unpaired) electrons. The van der Waals surface area contributed by atoms with Gasteiger partial charge in [-0.3, -0.25) is 0 Å². The summed E-state index contributed by atoms with van der Waals surface area (Å²) in [5.74, 6) is 0.803. The molecule has 1 unspecified atom stereocenters. The molecule has 1 atom stereocenters. The maximum atomic E-state index is 9.98. The Bertz CT molecular complexity index is 616. The summed E-state index contributed by atoms with van der Waals surface area (Å²) in [6.07, 6.45) is 0. The van der Waals surface area contributed by atoms with Gasteiger partial charge >= 0.3 is 0 Å². The predicted octanol–water partition coefficient (Wildman–Crippen LogP) is 3.93. The van der Waals surface area contributed by atoms with Crippen LogP contribution in [0.2, 0.25) is 5.02 Å². The summed E-state index contributed by atoms with van der Waals surface area (Å²) in [7, 11) is 1.55. The summed E-state index contributed by atoms with van der Waals surface area (Å²) in [6.45, 7) is 1.92. The first kappa shape index (κ1) is 14.3. The van der Waals surface area contributed by atoms with Crippen LogP contribution in [0.15, 0.2) is 36.4 Å². The van der Waals surface area contributed by atoms with Crippen LogP contribution in [0.3, 0.4) is 0 Å². The Hall–Kier alpha value is -2.07. The van der Waals surface area contributed by atoms with Gasteiger partial charge in [-0.2, -0.15) is 0 Å². The highest BCUT2D eigenvalue weighted by Crippen LogP contribution is 2.32. The summed E-state index contributed by atoms with van der Waals surface area (Å²) in [6, 6.07) is 9.90. The van der Waals surface area contributed by atoms with Gasteiger partial charge in [0.25, 0.3) is 0 Å². The lowest BCUT2D eigenvalue weighted by atomic mass is 10.1. The van der Waals surface area contributed by atoms with Crippen LogP contribution < -0.4 is 10.1 Å². The van der Waals surface area contributed by atoms with Crippen molar-refractivity contribution in [2.75, 3.05) is 12.4 Å². The summed E-state index contributed by atoms with van der Waals surface area (Å²) in [4.78, 5) is 0. The normalized spacial score (nSPS) is 11.9. The second-order valence-electron chi connectivity index (χ2n) is 4.46. The number of hydrogen-bond acceptors (Lipinski definition) is 4. The van der Waals surface area contributed by atoms with Crippen molar-refractivity contribution in [3.8, 4) is 17.2 Å². The maximum Gasteiger partial charge on any atom is 0.134 e. The maximum absolute atomic E-state index is 9.98. The number of nitrogens with one attached hydrogen (secondary N) is 1. The van der Waals surface area contributed by atoms with Gasteiger partial charge in [0, 0.05) is 17.3 Å². The minimum Gasteiger partial charge on any atom is -0.507 e. The average molecular weight is 294 g/mol. The molecule has 0 aromatic heterocycles. The highest BCUT2D eigenvalue weighted by Gasteiger charge is 2.12. The summed E-state index contributed by atoms with van der Waals surface area (Å²) >= 11 is 5.86. The number of halogens is 1. The molecule has 2 aromatic rings. The molecule has 5 heteroatoms. The van der Waals surface area contributed by atoms with E-state index >= 15 is 0 Å². The fourth-order valence-corrected chi connectivity index (χ4v) is 2.12. The highest BCUT2D eigenvalue weighted by molar-refractivity contribution is 6.32. The van der Waals surface area contributed by atoms with Gasteiger partial charge in [0.05, 0.1) is 18.2 Å². The molecule has 20 heavy (non-hydrogen) atoms. The first-order valence-corrected chi connectivity index (χ1v) is 6.51. The first-order valence-electron chi connectivity index (χ1n) is 6.13. The molecule has 0 saturated heterocycles. The summed E-state index contributed by atoms with van der Waals surface area (Å²) < 4.78 is 5.05. The zero-order valence-electron chi connectivity index (χ0n) is 11.2. The molecule has 3 N–H and O–H groups in total. The molecule has 2 aromatic carbocycles. The van der Waals surface area contributed by atoms with E-state index in [2.05, 4.69) is 5.32 Å². The smallest absolute Gasteiger partial charge is 0.134 e. The van der Waals surface area contributed by atoms with E-state index in [1.807, 2.05) is 6.92 Å². The number of phenolic OH excluding ortho intramolecular Hbond substituents is 2. The van der Waals surface area contributed by atoms with Crippen molar-refractivity contribution in [3.63, 3.8) is 0 Å². The standard InChI is InChI=1S/C15H16ClNO3/c1-9(12-5-4-11(20-2)8-15(12)19)17-10-3-6-14(18)13(16)7-10/h3-9,17-19H,1-2H3. The van der Waals surface area contributed by atoms with Crippen LogP contribution in [0.1, 0.15) is 18.5 Å². The molecule has 2 rings (SSSR count). The number of hydrogen-bond donors (Lipinski definition) is 3. The number of benzene rings is 2. The molecule has 0 aliphatic carbocycles. The Labute approximate surface area is 122 Å². The van der Waals surface area contributed by atoms with Crippen molar-refractivity contribution < 1.29 is 14.9 Å². The van der Waals surface area contributed by atoms with E-state index in [1.54, 1.807) is 37.4 Å². The molecule has 0 saturated carbocycles. The Balaban J connectivity index is 2.19. The number of ether oxygens (including phenoxy) is 1. The van der Waals surface area contributed by atoms with Crippen LogP contribution in [0.25, 0.3) is 0 Å². The Morgan fingerprint density at radius 3 is 2.45 bits per heavy atom. The largest absolute Gasteiger partial charge is 0.507 e. The van der Waals surface area contributed by atoms with Gasteiger partial charge in [-0.05, 0) is 37.3 Å². The van der Waals surface area contributed by atoms with E-state index in [9.17, 15) is 10.2 Å². The predicted molar refractivity (Wildman–Crippen MR) is 79.8 cm³/mol. The number of anilines is 1. The zero-order valence-corrected chi connectivity index (χ0v) is 12.0. The number of aromatic hydroxyl groups is 2. The van der Waals surface area contributed by atoms with Crippen molar-refractivity contribution in [3.05, 3.63) is 47.0 Å². The second-order valence-corrected chi connectivity index (χ2v) is 4.86. The average Bonchev–Trinajstić information content (AvgIpc) is 2.42. The number of phenols is 2. The lowest BCUT2D eigenvalue weighted by molar-refractivity contribution is 0.406. The Morgan fingerprint density at radius 1 is 1.10 bits per heavy atom. The third kappa shape index (κ3) is 3.08. The van der Waals surface area contributed by atoms with Gasteiger partial charge < -0.3 is 20.3 Å². The highest BCUT2D eigenvalue weighted by atomic mass is 35.5. The third-order valence-corrected chi connectivity index (χ3v) is 3.34. The lowest BCUT2D eigenvalue weighted by Crippen LogP contribution is -2.06. The van der Waals surface area contributed by atoms with E-state index in [4.69, 9.17) is 16.3 Å². The fraction of sp³-hybridized carbons (Fsp3) is 0.200. The molecule has 0 fully saturated rings. The monoisotopic (exact) mass is 293 g/mol. The van der Waals surface area contributed by atoms with E-state index in [1.165, 1.54) is 6.07 Å². The van der Waals surface area contributed by atoms with Crippen molar-refractivity contribution >= 4 is 17.3 Å². The first-order chi connectivity index (χ1) is 9.51. The van der Waals surface area contributed by atoms with Crippen LogP contribution in [0.5, 0.6) is 17.2 Å². The van der Waals surface area contributed by atoms with Crippen molar-refractivity contribution in [2.45, 2.75) is 13.0 Å². The number of rotatable bonds is 4. The van der Waals surface area contributed by atoms with Crippen molar-refractivity contribution in [1.29, 1.82) is 0 Å². The Morgan fingerprint density at radius 2 is 1.85 bits per heavy atom. The van der Waals surface area contributed by atoms with Crippen LogP contribution >= 0.6 is 11.6 Å². The SMILES string of the molecule is COc1ccc(C(C)Nc2ccc(O)c(Cl)c2)c(O)c1. The van der Waals surface area contributed by atoms with Crippen LogP contribution in [0, 0.1) is 0 Å². The molecule has 0 spiro atoms.